The van der Waals surface area contributed by atoms with Crippen molar-refractivity contribution in [3.63, 3.8) is 0 Å². The quantitative estimate of drug-likeness (QED) is 0.825. The van der Waals surface area contributed by atoms with Gasteiger partial charge in [0.15, 0.2) is 0 Å². The van der Waals surface area contributed by atoms with E-state index >= 15 is 0 Å². The second kappa shape index (κ2) is 5.17. The summed E-state index contributed by atoms with van der Waals surface area (Å²) in [4.78, 5) is 0. The number of alkyl halides is 6. The molecule has 0 aliphatic heterocycles. The molecule has 0 amide bonds. The van der Waals surface area contributed by atoms with Gasteiger partial charge in [-0.3, -0.25) is 0 Å². The molecule has 2 N–H and O–H groups in total. The van der Waals surface area contributed by atoms with Gasteiger partial charge in [0.2, 0.25) is 0 Å². The second-order valence-electron chi connectivity index (χ2n) is 3.88. The number of benzene rings is 1. The molecule has 0 aliphatic rings. The summed E-state index contributed by atoms with van der Waals surface area (Å²) < 4.78 is 73.1. The van der Waals surface area contributed by atoms with Gasteiger partial charge in [0, 0.05) is 12.5 Å². The predicted molar refractivity (Wildman–Crippen MR) is 53.7 cm³/mol. The average molecular weight is 271 g/mol. The maximum atomic E-state index is 12.4. The van der Waals surface area contributed by atoms with Crippen LogP contribution in [-0.2, 0) is 6.18 Å². The third-order valence-corrected chi connectivity index (χ3v) is 2.38. The van der Waals surface area contributed by atoms with Crippen molar-refractivity contribution in [2.75, 3.05) is 0 Å². The van der Waals surface area contributed by atoms with Crippen molar-refractivity contribution >= 4 is 0 Å². The first kappa shape index (κ1) is 14.8. The standard InChI is InChI=1S/C11H11F6N/c12-10(13,14)5-4-9(18)7-2-1-3-8(6-7)11(15,16)17/h1-3,6,9H,4-5,18H2/t9-/m1/s1. The van der Waals surface area contributed by atoms with E-state index in [1.54, 1.807) is 0 Å². The minimum Gasteiger partial charge on any atom is -0.324 e. The molecule has 1 aromatic carbocycles. The van der Waals surface area contributed by atoms with Crippen LogP contribution in [0.25, 0.3) is 0 Å². The maximum absolute atomic E-state index is 12.4. The molecule has 0 saturated heterocycles. The summed E-state index contributed by atoms with van der Waals surface area (Å²) in [7, 11) is 0. The fourth-order valence-corrected chi connectivity index (χ4v) is 1.43. The van der Waals surface area contributed by atoms with Gasteiger partial charge >= 0.3 is 12.4 Å². The van der Waals surface area contributed by atoms with E-state index in [1.165, 1.54) is 6.07 Å². The van der Waals surface area contributed by atoms with E-state index < -0.39 is 36.8 Å². The normalized spacial score (nSPS) is 14.6. The number of hydrogen-bond donors (Lipinski definition) is 1. The lowest BCUT2D eigenvalue weighted by molar-refractivity contribution is -0.138. The Labute approximate surface area is 99.6 Å². The molecule has 102 valence electrons. The lowest BCUT2D eigenvalue weighted by Crippen LogP contribution is -2.16. The molecule has 0 unspecified atom stereocenters. The van der Waals surface area contributed by atoms with Gasteiger partial charge in [-0.1, -0.05) is 12.1 Å². The van der Waals surface area contributed by atoms with Crippen LogP contribution in [0.1, 0.15) is 30.0 Å². The van der Waals surface area contributed by atoms with Crippen molar-refractivity contribution in [3.05, 3.63) is 35.4 Å². The minimum absolute atomic E-state index is 0.0501. The topological polar surface area (TPSA) is 26.0 Å². The highest BCUT2D eigenvalue weighted by atomic mass is 19.4. The van der Waals surface area contributed by atoms with Crippen LogP contribution < -0.4 is 5.73 Å². The SMILES string of the molecule is N[C@H](CCC(F)(F)F)c1cccc(C(F)(F)F)c1. The van der Waals surface area contributed by atoms with Gasteiger partial charge in [-0.2, -0.15) is 26.3 Å². The van der Waals surface area contributed by atoms with Gasteiger partial charge in [-0.15, -0.1) is 0 Å². The Hall–Kier alpha value is -1.24. The highest BCUT2D eigenvalue weighted by Gasteiger charge is 2.31. The fraction of sp³-hybridized carbons (Fsp3) is 0.455. The molecule has 1 aromatic rings. The molecule has 0 fully saturated rings. The van der Waals surface area contributed by atoms with Crippen LogP contribution in [-0.4, -0.2) is 6.18 Å². The fourth-order valence-electron chi connectivity index (χ4n) is 1.43. The monoisotopic (exact) mass is 271 g/mol. The van der Waals surface area contributed by atoms with E-state index in [-0.39, 0.29) is 5.56 Å². The van der Waals surface area contributed by atoms with Crippen LogP contribution in [0.4, 0.5) is 26.3 Å². The molecule has 0 aromatic heterocycles. The number of rotatable bonds is 3. The van der Waals surface area contributed by atoms with E-state index in [1.807, 2.05) is 0 Å². The highest BCUT2D eigenvalue weighted by Crippen LogP contribution is 2.32. The first-order valence-corrected chi connectivity index (χ1v) is 5.09. The Morgan fingerprint density at radius 2 is 1.67 bits per heavy atom. The lowest BCUT2D eigenvalue weighted by atomic mass is 10.0. The van der Waals surface area contributed by atoms with Gasteiger partial charge < -0.3 is 5.73 Å². The molecule has 7 heteroatoms. The molecule has 0 heterocycles. The molecule has 0 saturated carbocycles. The van der Waals surface area contributed by atoms with E-state index in [9.17, 15) is 26.3 Å². The maximum Gasteiger partial charge on any atom is 0.416 e. The first-order chi connectivity index (χ1) is 8.09. The third kappa shape index (κ3) is 4.56. The Balaban J connectivity index is 2.78. The third-order valence-electron chi connectivity index (χ3n) is 2.38. The van der Waals surface area contributed by atoms with Gasteiger partial charge in [-0.05, 0) is 24.1 Å². The van der Waals surface area contributed by atoms with Crippen LogP contribution in [0.2, 0.25) is 0 Å². The smallest absolute Gasteiger partial charge is 0.324 e. The van der Waals surface area contributed by atoms with E-state index in [0.717, 1.165) is 18.2 Å². The Kier molecular flexibility index (Phi) is 4.26. The molecule has 1 atom stereocenters. The second-order valence-corrected chi connectivity index (χ2v) is 3.88. The molecule has 1 rings (SSSR count). The molecule has 18 heavy (non-hydrogen) atoms. The van der Waals surface area contributed by atoms with Crippen LogP contribution in [0.5, 0.6) is 0 Å². The zero-order valence-electron chi connectivity index (χ0n) is 9.15. The zero-order chi connectivity index (χ0) is 14.0. The molecule has 0 aliphatic carbocycles. The largest absolute Gasteiger partial charge is 0.416 e. The average Bonchev–Trinajstić information content (AvgIpc) is 2.24. The van der Waals surface area contributed by atoms with Crippen LogP contribution in [0.3, 0.4) is 0 Å². The predicted octanol–water partition coefficient (Wildman–Crippen LogP) is 4.05. The van der Waals surface area contributed by atoms with E-state index in [2.05, 4.69) is 0 Å². The Bertz CT molecular complexity index is 395. The summed E-state index contributed by atoms with van der Waals surface area (Å²) in [6, 6.07) is 2.98. The number of halogens is 6. The van der Waals surface area contributed by atoms with E-state index in [4.69, 9.17) is 5.73 Å². The van der Waals surface area contributed by atoms with Gasteiger partial charge in [-0.25, -0.2) is 0 Å². The molecule has 1 nitrogen and oxygen atoms in total. The van der Waals surface area contributed by atoms with Crippen LogP contribution in [0, 0.1) is 0 Å². The first-order valence-electron chi connectivity index (χ1n) is 5.09. The van der Waals surface area contributed by atoms with Crippen LogP contribution in [0.15, 0.2) is 24.3 Å². The summed E-state index contributed by atoms with van der Waals surface area (Å²) in [5, 5.41) is 0. The summed E-state index contributed by atoms with van der Waals surface area (Å²) in [5.74, 6) is 0. The van der Waals surface area contributed by atoms with Crippen molar-refractivity contribution < 1.29 is 26.3 Å². The van der Waals surface area contributed by atoms with Crippen molar-refractivity contribution in [2.24, 2.45) is 5.73 Å². The van der Waals surface area contributed by atoms with Gasteiger partial charge in [0.05, 0.1) is 5.56 Å². The van der Waals surface area contributed by atoms with E-state index in [0.29, 0.717) is 0 Å². The number of nitrogens with two attached hydrogens (primary N) is 1. The van der Waals surface area contributed by atoms with Crippen molar-refractivity contribution in [2.45, 2.75) is 31.2 Å². The van der Waals surface area contributed by atoms with Gasteiger partial charge in [0.25, 0.3) is 0 Å². The Morgan fingerprint density at radius 1 is 1.06 bits per heavy atom. The number of hydrogen-bond acceptors (Lipinski definition) is 1. The van der Waals surface area contributed by atoms with Crippen LogP contribution >= 0.6 is 0 Å². The summed E-state index contributed by atoms with van der Waals surface area (Å²) in [6.07, 6.45) is -10.5. The molecular weight excluding hydrogens is 260 g/mol. The molecular formula is C11H11F6N. The van der Waals surface area contributed by atoms with Crippen molar-refractivity contribution in [1.29, 1.82) is 0 Å². The highest BCUT2D eigenvalue weighted by molar-refractivity contribution is 5.27. The Morgan fingerprint density at radius 3 is 2.17 bits per heavy atom. The van der Waals surface area contributed by atoms with Gasteiger partial charge in [0.1, 0.15) is 0 Å². The zero-order valence-corrected chi connectivity index (χ0v) is 9.15. The summed E-state index contributed by atoms with van der Waals surface area (Å²) in [6.45, 7) is 0. The minimum atomic E-state index is -4.53. The van der Waals surface area contributed by atoms with Crippen molar-refractivity contribution in [1.82, 2.24) is 0 Å². The molecule has 0 bridgehead atoms. The molecule has 0 spiro atoms. The summed E-state index contributed by atoms with van der Waals surface area (Å²) in [5.41, 5.74) is 4.58. The molecule has 0 radical (unpaired) electrons. The summed E-state index contributed by atoms with van der Waals surface area (Å²) >= 11 is 0. The van der Waals surface area contributed by atoms with Crippen molar-refractivity contribution in [3.8, 4) is 0 Å². The lowest BCUT2D eigenvalue weighted by Gasteiger charge is -2.15.